The van der Waals surface area contributed by atoms with E-state index in [2.05, 4.69) is 20.2 Å². The number of anilines is 1. The van der Waals surface area contributed by atoms with E-state index in [0.717, 1.165) is 36.5 Å². The van der Waals surface area contributed by atoms with Crippen molar-refractivity contribution in [3.05, 3.63) is 60.9 Å². The van der Waals surface area contributed by atoms with E-state index < -0.39 is 5.82 Å². The predicted octanol–water partition coefficient (Wildman–Crippen LogP) is 2.57. The van der Waals surface area contributed by atoms with Crippen LogP contribution in [0.4, 0.5) is 10.2 Å². The maximum Gasteiger partial charge on any atom is 0.167 e. The molecule has 0 aliphatic carbocycles. The molecular weight excluding hydrogens is 369 g/mol. The SMILES string of the molecule is Fc1cnccc1-c1nc2ccc(N3C[C@H]4C[C@@H]3CN4)nc2n1-c1ccncc1. The van der Waals surface area contributed by atoms with Crippen LogP contribution in [0.25, 0.3) is 28.2 Å². The molecule has 8 heteroatoms. The van der Waals surface area contributed by atoms with Gasteiger partial charge in [-0.25, -0.2) is 14.4 Å². The third-order valence-electron chi connectivity index (χ3n) is 5.77. The van der Waals surface area contributed by atoms with Gasteiger partial charge in [0.1, 0.15) is 17.2 Å². The minimum absolute atomic E-state index is 0.390. The molecule has 7 nitrogen and oxygen atoms in total. The van der Waals surface area contributed by atoms with E-state index >= 15 is 0 Å². The van der Waals surface area contributed by atoms with Gasteiger partial charge in [0.05, 0.1) is 17.4 Å². The first-order valence-electron chi connectivity index (χ1n) is 9.68. The van der Waals surface area contributed by atoms with E-state index in [1.54, 1.807) is 24.7 Å². The standard InChI is InChI=1S/C21H18FN7/c22-17-11-24-8-5-16(17)20-26-18-1-2-19(28-12-13-9-15(28)10-25-13)27-21(18)29(20)14-3-6-23-7-4-14/h1-8,11,13,15,25H,9-10,12H2/t13-,15-/m1/s1. The van der Waals surface area contributed by atoms with Gasteiger partial charge in [0.2, 0.25) is 0 Å². The smallest absolute Gasteiger partial charge is 0.167 e. The molecule has 2 atom stereocenters. The zero-order chi connectivity index (χ0) is 19.4. The lowest BCUT2D eigenvalue weighted by atomic mass is 10.2. The Morgan fingerprint density at radius 2 is 1.86 bits per heavy atom. The number of hydrogen-bond acceptors (Lipinski definition) is 6. The molecule has 0 saturated carbocycles. The van der Waals surface area contributed by atoms with E-state index in [4.69, 9.17) is 9.97 Å². The summed E-state index contributed by atoms with van der Waals surface area (Å²) in [5.41, 5.74) is 2.65. The van der Waals surface area contributed by atoms with Crippen LogP contribution in [0.5, 0.6) is 0 Å². The first kappa shape index (κ1) is 16.6. The molecule has 4 aromatic rings. The molecule has 0 amide bonds. The Morgan fingerprint density at radius 1 is 1.00 bits per heavy atom. The Kier molecular flexibility index (Phi) is 3.60. The second-order valence-electron chi connectivity index (χ2n) is 7.49. The molecule has 2 fully saturated rings. The fourth-order valence-electron chi connectivity index (χ4n) is 4.42. The molecule has 1 N–H and O–H groups in total. The summed E-state index contributed by atoms with van der Waals surface area (Å²) in [6, 6.07) is 10.4. The average Bonchev–Trinajstić information content (AvgIpc) is 3.48. The monoisotopic (exact) mass is 387 g/mol. The van der Waals surface area contributed by atoms with E-state index in [0.29, 0.717) is 29.1 Å². The molecule has 0 spiro atoms. The summed E-state index contributed by atoms with van der Waals surface area (Å²) in [6.45, 7) is 1.94. The molecule has 29 heavy (non-hydrogen) atoms. The quantitative estimate of drug-likeness (QED) is 0.583. The van der Waals surface area contributed by atoms with Gasteiger partial charge in [-0.1, -0.05) is 0 Å². The van der Waals surface area contributed by atoms with Crippen molar-refractivity contribution in [2.45, 2.75) is 18.5 Å². The maximum absolute atomic E-state index is 14.6. The van der Waals surface area contributed by atoms with Crippen LogP contribution in [-0.4, -0.2) is 49.7 Å². The topological polar surface area (TPSA) is 71.8 Å². The highest BCUT2D eigenvalue weighted by Crippen LogP contribution is 2.32. The summed E-state index contributed by atoms with van der Waals surface area (Å²) in [4.78, 5) is 20.0. The van der Waals surface area contributed by atoms with Crippen LogP contribution < -0.4 is 10.2 Å². The van der Waals surface area contributed by atoms with Crippen molar-refractivity contribution in [1.82, 2.24) is 29.8 Å². The van der Waals surface area contributed by atoms with Crippen molar-refractivity contribution in [3.63, 3.8) is 0 Å². The molecule has 2 saturated heterocycles. The number of fused-ring (bicyclic) bond motifs is 3. The van der Waals surface area contributed by atoms with Crippen LogP contribution in [0.1, 0.15) is 6.42 Å². The van der Waals surface area contributed by atoms with Crippen LogP contribution in [0.15, 0.2) is 55.1 Å². The third kappa shape index (κ3) is 2.60. The molecule has 6 rings (SSSR count). The first-order chi connectivity index (χ1) is 14.3. The maximum atomic E-state index is 14.6. The number of pyridine rings is 3. The highest BCUT2D eigenvalue weighted by Gasteiger charge is 2.38. The summed E-state index contributed by atoms with van der Waals surface area (Å²) in [6.07, 6.45) is 7.35. The molecule has 2 aliphatic rings. The van der Waals surface area contributed by atoms with Crippen molar-refractivity contribution < 1.29 is 4.39 Å². The summed E-state index contributed by atoms with van der Waals surface area (Å²) in [5, 5.41) is 3.52. The number of nitrogens with one attached hydrogen (secondary N) is 1. The van der Waals surface area contributed by atoms with Crippen LogP contribution >= 0.6 is 0 Å². The number of nitrogens with zero attached hydrogens (tertiary/aromatic N) is 6. The number of hydrogen-bond donors (Lipinski definition) is 1. The Morgan fingerprint density at radius 3 is 2.62 bits per heavy atom. The minimum atomic E-state index is -0.415. The molecule has 144 valence electrons. The summed E-state index contributed by atoms with van der Waals surface area (Å²) in [7, 11) is 0. The summed E-state index contributed by atoms with van der Waals surface area (Å²) in [5.74, 6) is 1.02. The van der Waals surface area contributed by atoms with E-state index in [1.807, 2.05) is 28.8 Å². The zero-order valence-corrected chi connectivity index (χ0v) is 15.5. The number of aromatic nitrogens is 5. The number of imidazole rings is 1. The fraction of sp³-hybridized carbons (Fsp3) is 0.238. The van der Waals surface area contributed by atoms with Gasteiger partial charge in [-0.05, 0) is 36.8 Å². The van der Waals surface area contributed by atoms with Gasteiger partial charge < -0.3 is 10.2 Å². The van der Waals surface area contributed by atoms with Gasteiger partial charge in [-0.3, -0.25) is 14.5 Å². The first-order valence-corrected chi connectivity index (χ1v) is 9.68. The highest BCUT2D eigenvalue weighted by atomic mass is 19.1. The molecule has 0 unspecified atom stereocenters. The van der Waals surface area contributed by atoms with E-state index in [-0.39, 0.29) is 0 Å². The number of piperazine rings is 1. The van der Waals surface area contributed by atoms with Gasteiger partial charge in [-0.15, -0.1) is 0 Å². The number of rotatable bonds is 3. The van der Waals surface area contributed by atoms with Crippen molar-refractivity contribution in [3.8, 4) is 17.1 Å². The van der Waals surface area contributed by atoms with Crippen LogP contribution in [0.3, 0.4) is 0 Å². The highest BCUT2D eigenvalue weighted by molar-refractivity contribution is 5.81. The normalized spacial score (nSPS) is 20.7. The molecule has 2 bridgehead atoms. The number of halogens is 1. The lowest BCUT2D eigenvalue weighted by Crippen LogP contribution is -2.44. The molecule has 2 aliphatic heterocycles. The molecule has 0 aromatic carbocycles. The Hall–Kier alpha value is -3.39. The third-order valence-corrected chi connectivity index (χ3v) is 5.77. The largest absolute Gasteiger partial charge is 0.351 e. The van der Waals surface area contributed by atoms with Gasteiger partial charge >= 0.3 is 0 Å². The van der Waals surface area contributed by atoms with Crippen molar-refractivity contribution in [1.29, 1.82) is 0 Å². The Labute approximate surface area is 166 Å². The van der Waals surface area contributed by atoms with Gasteiger partial charge in [0, 0.05) is 43.8 Å². The van der Waals surface area contributed by atoms with Crippen LogP contribution in [0, 0.1) is 5.82 Å². The van der Waals surface area contributed by atoms with Crippen molar-refractivity contribution in [2.75, 3.05) is 18.0 Å². The lowest BCUT2D eigenvalue weighted by Gasteiger charge is -2.28. The lowest BCUT2D eigenvalue weighted by molar-refractivity contribution is 0.577. The van der Waals surface area contributed by atoms with E-state index in [1.165, 1.54) is 6.20 Å². The van der Waals surface area contributed by atoms with Crippen LogP contribution in [0.2, 0.25) is 0 Å². The van der Waals surface area contributed by atoms with E-state index in [9.17, 15) is 4.39 Å². The molecular formula is C21H18FN7. The summed E-state index contributed by atoms with van der Waals surface area (Å²) >= 11 is 0. The fourth-order valence-corrected chi connectivity index (χ4v) is 4.42. The molecule has 0 radical (unpaired) electrons. The summed E-state index contributed by atoms with van der Waals surface area (Å²) < 4.78 is 16.5. The molecule has 6 heterocycles. The second-order valence-corrected chi connectivity index (χ2v) is 7.49. The molecule has 4 aromatic heterocycles. The van der Waals surface area contributed by atoms with Crippen molar-refractivity contribution >= 4 is 17.0 Å². The van der Waals surface area contributed by atoms with Crippen molar-refractivity contribution in [2.24, 2.45) is 0 Å². The van der Waals surface area contributed by atoms with Crippen LogP contribution in [-0.2, 0) is 0 Å². The van der Waals surface area contributed by atoms with Gasteiger partial charge in [0.25, 0.3) is 0 Å². The van der Waals surface area contributed by atoms with Gasteiger partial charge in [0.15, 0.2) is 11.5 Å². The zero-order valence-electron chi connectivity index (χ0n) is 15.5. The van der Waals surface area contributed by atoms with Gasteiger partial charge in [-0.2, -0.15) is 0 Å². The predicted molar refractivity (Wildman–Crippen MR) is 107 cm³/mol. The minimum Gasteiger partial charge on any atom is -0.351 e. The second kappa shape index (κ2) is 6.31. The Bertz CT molecular complexity index is 1210. The average molecular weight is 387 g/mol. The Balaban J connectivity index is 1.58.